The van der Waals surface area contributed by atoms with Gasteiger partial charge in [-0.05, 0) is 30.2 Å². The summed E-state index contributed by atoms with van der Waals surface area (Å²) in [5.41, 5.74) is 4.42. The lowest BCUT2D eigenvalue weighted by molar-refractivity contribution is -0.118. The third-order valence-electron chi connectivity index (χ3n) is 2.85. The normalized spacial score (nSPS) is 11.7. The molecule has 2 aromatic rings. The summed E-state index contributed by atoms with van der Waals surface area (Å²) < 4.78 is 13.4. The highest BCUT2D eigenvalue weighted by atomic mass is 32.2. The Morgan fingerprint density at radius 3 is 2.61 bits per heavy atom. The zero-order chi connectivity index (χ0) is 16.5. The van der Waals surface area contributed by atoms with Crippen LogP contribution in [0.5, 0.6) is 0 Å². The molecule has 0 fully saturated rings. The molecule has 0 saturated carbocycles. The summed E-state index contributed by atoms with van der Waals surface area (Å²) in [6.45, 7) is 1.90. The minimum absolute atomic E-state index is 0.111. The summed E-state index contributed by atoms with van der Waals surface area (Å²) in [7, 11) is 0. The second-order valence-corrected chi connectivity index (χ2v) is 5.83. The van der Waals surface area contributed by atoms with Gasteiger partial charge in [0.05, 0.1) is 12.0 Å². The van der Waals surface area contributed by atoms with Crippen molar-refractivity contribution in [3.05, 3.63) is 71.6 Å². The van der Waals surface area contributed by atoms with Gasteiger partial charge in [0.1, 0.15) is 5.82 Å². The third kappa shape index (κ3) is 6.08. The zero-order valence-corrected chi connectivity index (χ0v) is 13.5. The summed E-state index contributed by atoms with van der Waals surface area (Å²) in [5, 5.41) is 3.90. The van der Waals surface area contributed by atoms with Crippen LogP contribution < -0.4 is 5.43 Å². The van der Waals surface area contributed by atoms with Gasteiger partial charge in [-0.1, -0.05) is 48.5 Å². The maximum absolute atomic E-state index is 13.4. The van der Waals surface area contributed by atoms with Crippen LogP contribution in [0.15, 0.2) is 70.2 Å². The molecule has 3 nitrogen and oxygen atoms in total. The van der Waals surface area contributed by atoms with Crippen LogP contribution in [0.25, 0.3) is 6.08 Å². The molecule has 2 aromatic carbocycles. The number of hydrazone groups is 1. The van der Waals surface area contributed by atoms with Gasteiger partial charge < -0.3 is 0 Å². The number of rotatable bonds is 6. The van der Waals surface area contributed by atoms with Crippen molar-refractivity contribution in [1.29, 1.82) is 0 Å². The van der Waals surface area contributed by atoms with Crippen LogP contribution in [0.4, 0.5) is 4.39 Å². The quantitative estimate of drug-likeness (QED) is 0.492. The van der Waals surface area contributed by atoms with Gasteiger partial charge in [-0.2, -0.15) is 5.10 Å². The number of halogens is 1. The summed E-state index contributed by atoms with van der Waals surface area (Å²) in [4.78, 5) is 12.1. The van der Waals surface area contributed by atoms with Gasteiger partial charge in [0, 0.05) is 4.90 Å². The maximum atomic E-state index is 13.4. The van der Waals surface area contributed by atoms with E-state index in [1.165, 1.54) is 6.07 Å². The molecule has 0 spiro atoms. The lowest BCUT2D eigenvalue weighted by atomic mass is 10.1. The van der Waals surface area contributed by atoms with Gasteiger partial charge in [0.2, 0.25) is 5.91 Å². The van der Waals surface area contributed by atoms with Crippen LogP contribution in [0.2, 0.25) is 0 Å². The van der Waals surface area contributed by atoms with Crippen LogP contribution in [-0.2, 0) is 4.79 Å². The number of allylic oxidation sites excluding steroid dienone is 1. The molecule has 0 aliphatic carbocycles. The van der Waals surface area contributed by atoms with Crippen LogP contribution >= 0.6 is 11.8 Å². The van der Waals surface area contributed by atoms with E-state index in [2.05, 4.69) is 10.5 Å². The van der Waals surface area contributed by atoms with Crippen LogP contribution in [0.1, 0.15) is 12.5 Å². The van der Waals surface area contributed by atoms with Crippen molar-refractivity contribution in [3.63, 3.8) is 0 Å². The van der Waals surface area contributed by atoms with E-state index < -0.39 is 0 Å². The Kier molecular flexibility index (Phi) is 6.56. The molecular formula is C18H17FN2OS. The summed E-state index contributed by atoms with van der Waals surface area (Å²) in [5.74, 6) is -0.489. The average molecular weight is 328 g/mol. The van der Waals surface area contributed by atoms with Gasteiger partial charge in [-0.3, -0.25) is 4.79 Å². The minimum Gasteiger partial charge on any atom is -0.272 e. The highest BCUT2D eigenvalue weighted by Gasteiger charge is 2.05. The fourth-order valence-electron chi connectivity index (χ4n) is 1.79. The van der Waals surface area contributed by atoms with Crippen molar-refractivity contribution in [1.82, 2.24) is 5.43 Å². The van der Waals surface area contributed by atoms with Crippen LogP contribution in [-0.4, -0.2) is 17.9 Å². The van der Waals surface area contributed by atoms with Crippen molar-refractivity contribution < 1.29 is 9.18 Å². The molecule has 0 aliphatic rings. The molecule has 0 saturated heterocycles. The molecular weight excluding hydrogens is 311 g/mol. The Morgan fingerprint density at radius 1 is 1.17 bits per heavy atom. The molecule has 0 atom stereocenters. The topological polar surface area (TPSA) is 41.5 Å². The Hall–Kier alpha value is -2.40. The van der Waals surface area contributed by atoms with Gasteiger partial charge in [-0.25, -0.2) is 9.82 Å². The number of hydrogen-bond donors (Lipinski definition) is 1. The van der Waals surface area contributed by atoms with E-state index in [9.17, 15) is 9.18 Å². The molecule has 0 heterocycles. The number of benzene rings is 2. The lowest BCUT2D eigenvalue weighted by Gasteiger charge is -2.02. The highest BCUT2D eigenvalue weighted by Crippen LogP contribution is 2.20. The average Bonchev–Trinajstić information content (AvgIpc) is 2.55. The minimum atomic E-state index is -0.324. The first kappa shape index (κ1) is 17.0. The summed E-state index contributed by atoms with van der Waals surface area (Å²) >= 11 is 1.14. The van der Waals surface area contributed by atoms with Crippen molar-refractivity contribution >= 4 is 30.0 Å². The Labute approximate surface area is 139 Å². The maximum Gasteiger partial charge on any atom is 0.250 e. The number of hydrogen-bond acceptors (Lipinski definition) is 3. The van der Waals surface area contributed by atoms with Crippen LogP contribution in [0, 0.1) is 5.82 Å². The first-order chi connectivity index (χ1) is 11.1. The summed E-state index contributed by atoms with van der Waals surface area (Å²) in [6.07, 6.45) is 3.54. The highest BCUT2D eigenvalue weighted by molar-refractivity contribution is 8.00. The van der Waals surface area contributed by atoms with E-state index in [-0.39, 0.29) is 17.5 Å². The van der Waals surface area contributed by atoms with Gasteiger partial charge >= 0.3 is 0 Å². The Morgan fingerprint density at radius 2 is 1.87 bits per heavy atom. The van der Waals surface area contributed by atoms with E-state index in [1.807, 2.05) is 43.3 Å². The van der Waals surface area contributed by atoms with Crippen molar-refractivity contribution in [2.45, 2.75) is 11.8 Å². The lowest BCUT2D eigenvalue weighted by Crippen LogP contribution is -2.19. The second-order valence-electron chi connectivity index (χ2n) is 4.81. The van der Waals surface area contributed by atoms with E-state index >= 15 is 0 Å². The molecule has 0 radical (unpaired) electrons. The molecule has 5 heteroatoms. The summed E-state index contributed by atoms with van der Waals surface area (Å²) in [6, 6.07) is 16.2. The predicted molar refractivity (Wildman–Crippen MR) is 93.9 cm³/mol. The molecule has 2 rings (SSSR count). The molecule has 0 aromatic heterocycles. The van der Waals surface area contributed by atoms with Crippen molar-refractivity contribution in [2.75, 3.05) is 5.75 Å². The largest absolute Gasteiger partial charge is 0.272 e. The van der Waals surface area contributed by atoms with Gasteiger partial charge in [-0.15, -0.1) is 11.8 Å². The molecule has 0 aliphatic heterocycles. The Bertz CT molecular complexity index is 714. The number of nitrogens with zero attached hydrogens (tertiary/aromatic N) is 1. The van der Waals surface area contributed by atoms with E-state index in [0.717, 1.165) is 22.9 Å². The number of carbonyl (C=O) groups is 1. The predicted octanol–water partition coefficient (Wildman–Crippen LogP) is 4.12. The fourth-order valence-corrected chi connectivity index (χ4v) is 2.52. The standard InChI is InChI=1S/C18H17FN2OS/c1-14(11-15-7-3-2-4-8-15)12-20-21-18(22)13-23-17-10-6-5-9-16(17)19/h2-12H,13H2,1H3,(H,21,22)/b14-11+,20-12-. The third-order valence-corrected chi connectivity index (χ3v) is 3.90. The molecule has 1 amide bonds. The SMILES string of the molecule is CC(/C=N\NC(=O)CSc1ccccc1F)=C\c1ccccc1. The molecule has 118 valence electrons. The first-order valence-electron chi connectivity index (χ1n) is 7.08. The number of carbonyl (C=O) groups excluding carboxylic acids is 1. The van der Waals surface area contributed by atoms with Crippen molar-refractivity contribution in [3.8, 4) is 0 Å². The molecule has 1 N–H and O–H groups in total. The Balaban J connectivity index is 1.80. The van der Waals surface area contributed by atoms with Crippen molar-refractivity contribution in [2.24, 2.45) is 5.10 Å². The van der Waals surface area contributed by atoms with Crippen LogP contribution in [0.3, 0.4) is 0 Å². The fraction of sp³-hybridized carbons (Fsp3) is 0.111. The molecule has 23 heavy (non-hydrogen) atoms. The number of thioether (sulfide) groups is 1. The smallest absolute Gasteiger partial charge is 0.250 e. The number of amides is 1. The van der Waals surface area contributed by atoms with E-state index in [4.69, 9.17) is 0 Å². The monoisotopic (exact) mass is 328 g/mol. The molecule has 0 bridgehead atoms. The zero-order valence-electron chi connectivity index (χ0n) is 12.7. The second kappa shape index (κ2) is 8.90. The molecule has 0 unspecified atom stereocenters. The first-order valence-corrected chi connectivity index (χ1v) is 8.06. The number of nitrogens with one attached hydrogen (secondary N) is 1. The van der Waals surface area contributed by atoms with Gasteiger partial charge in [0.25, 0.3) is 0 Å². The van der Waals surface area contributed by atoms with Gasteiger partial charge in [0.15, 0.2) is 0 Å². The van der Waals surface area contributed by atoms with E-state index in [0.29, 0.717) is 4.90 Å². The van der Waals surface area contributed by atoms with E-state index in [1.54, 1.807) is 24.4 Å².